The van der Waals surface area contributed by atoms with Gasteiger partial charge in [0.1, 0.15) is 0 Å². The number of carbonyl (C=O) groups excluding carboxylic acids is 1. The van der Waals surface area contributed by atoms with Gasteiger partial charge in [-0.3, -0.25) is 9.78 Å². The van der Waals surface area contributed by atoms with Crippen LogP contribution in [0.2, 0.25) is 5.02 Å². The molecule has 0 saturated carbocycles. The summed E-state index contributed by atoms with van der Waals surface area (Å²) in [5.74, 6) is -0.101. The molecule has 0 radical (unpaired) electrons. The number of pyridine rings is 2. The molecular formula is C23H23Cl2N3O. The van der Waals surface area contributed by atoms with Crippen LogP contribution in [0, 0.1) is 0 Å². The van der Waals surface area contributed by atoms with Crippen LogP contribution < -0.4 is 5.32 Å². The van der Waals surface area contributed by atoms with E-state index in [2.05, 4.69) is 16.4 Å². The molecule has 0 atom stereocenters. The fourth-order valence-corrected chi connectivity index (χ4v) is 3.78. The maximum atomic E-state index is 13.0. The summed E-state index contributed by atoms with van der Waals surface area (Å²) >= 11 is 6.18. The second kappa shape index (κ2) is 9.86. The number of nitrogens with one attached hydrogen (secondary N) is 1. The topological polar surface area (TPSA) is 54.9 Å². The molecule has 2 aromatic heterocycles. The zero-order valence-electron chi connectivity index (χ0n) is 16.0. The van der Waals surface area contributed by atoms with E-state index in [1.807, 2.05) is 24.3 Å². The Bertz CT molecular complexity index is 1030. The minimum absolute atomic E-state index is 0. The third kappa shape index (κ3) is 5.14. The van der Waals surface area contributed by atoms with Crippen molar-refractivity contribution in [1.29, 1.82) is 0 Å². The highest BCUT2D eigenvalue weighted by atomic mass is 35.5. The Balaban J connectivity index is 0.00000240. The summed E-state index contributed by atoms with van der Waals surface area (Å²) in [6.07, 6.45) is 11.5. The Kier molecular flexibility index (Phi) is 7.24. The van der Waals surface area contributed by atoms with Crippen LogP contribution in [0.4, 0.5) is 0 Å². The predicted molar refractivity (Wildman–Crippen MR) is 121 cm³/mol. The number of benzene rings is 1. The summed E-state index contributed by atoms with van der Waals surface area (Å²) < 4.78 is 0. The zero-order chi connectivity index (χ0) is 19.3. The van der Waals surface area contributed by atoms with E-state index in [9.17, 15) is 4.79 Å². The molecule has 0 spiro atoms. The van der Waals surface area contributed by atoms with Gasteiger partial charge in [0.2, 0.25) is 0 Å². The molecule has 2 heterocycles. The first-order valence-electron chi connectivity index (χ1n) is 9.67. The molecular weight excluding hydrogens is 405 g/mol. The van der Waals surface area contributed by atoms with Crippen molar-refractivity contribution in [1.82, 2.24) is 15.3 Å². The molecule has 29 heavy (non-hydrogen) atoms. The van der Waals surface area contributed by atoms with Crippen molar-refractivity contribution in [3.8, 4) is 11.3 Å². The van der Waals surface area contributed by atoms with Crippen molar-refractivity contribution in [2.75, 3.05) is 6.54 Å². The monoisotopic (exact) mass is 427 g/mol. The third-order valence-corrected chi connectivity index (χ3v) is 5.32. The van der Waals surface area contributed by atoms with Crippen molar-refractivity contribution in [3.05, 3.63) is 71.0 Å². The third-order valence-electron chi connectivity index (χ3n) is 5.09. The molecule has 1 aliphatic carbocycles. The van der Waals surface area contributed by atoms with Crippen molar-refractivity contribution >= 4 is 40.8 Å². The lowest BCUT2D eigenvalue weighted by Gasteiger charge is -2.14. The smallest absolute Gasteiger partial charge is 0.252 e. The minimum Gasteiger partial charge on any atom is -0.352 e. The van der Waals surface area contributed by atoms with Crippen LogP contribution in [0.25, 0.3) is 22.2 Å². The van der Waals surface area contributed by atoms with Crippen molar-refractivity contribution in [3.63, 3.8) is 0 Å². The molecule has 4 nitrogen and oxygen atoms in total. The van der Waals surface area contributed by atoms with E-state index in [-0.39, 0.29) is 18.3 Å². The number of halogens is 2. The van der Waals surface area contributed by atoms with Gasteiger partial charge in [0, 0.05) is 34.9 Å². The van der Waals surface area contributed by atoms with E-state index in [1.165, 1.54) is 18.4 Å². The molecule has 0 fully saturated rings. The lowest BCUT2D eigenvalue weighted by molar-refractivity contribution is 0.0955. The number of amides is 1. The number of nitrogens with zero attached hydrogens (tertiary/aromatic N) is 2. The second-order valence-corrected chi connectivity index (χ2v) is 7.51. The number of allylic oxidation sites excluding steroid dienone is 1. The number of aromatic nitrogens is 2. The molecule has 0 unspecified atom stereocenters. The minimum atomic E-state index is -0.101. The van der Waals surface area contributed by atoms with Gasteiger partial charge in [-0.25, -0.2) is 4.98 Å². The van der Waals surface area contributed by atoms with Crippen LogP contribution in [0.5, 0.6) is 0 Å². The van der Waals surface area contributed by atoms with Gasteiger partial charge in [0.25, 0.3) is 5.91 Å². The SMILES string of the molecule is Cl.O=C(NCCC1=CCCCC1)c1cc(-c2cccnc2)nc2ccc(Cl)cc12. The van der Waals surface area contributed by atoms with Gasteiger partial charge < -0.3 is 5.32 Å². The van der Waals surface area contributed by atoms with Gasteiger partial charge in [0.05, 0.1) is 16.8 Å². The Morgan fingerprint density at radius 1 is 1.17 bits per heavy atom. The van der Waals surface area contributed by atoms with Crippen LogP contribution in [-0.4, -0.2) is 22.4 Å². The largest absolute Gasteiger partial charge is 0.352 e. The van der Waals surface area contributed by atoms with Crippen LogP contribution in [0.3, 0.4) is 0 Å². The second-order valence-electron chi connectivity index (χ2n) is 7.07. The van der Waals surface area contributed by atoms with Gasteiger partial charge in [-0.1, -0.05) is 23.3 Å². The normalized spacial score (nSPS) is 13.5. The Morgan fingerprint density at radius 2 is 2.07 bits per heavy atom. The standard InChI is InChI=1S/C23H22ClN3O.ClH/c24-18-8-9-21-19(13-18)20(14-22(27-21)17-7-4-11-25-15-17)23(28)26-12-10-16-5-2-1-3-6-16;/h4-5,7-9,11,13-15H,1-3,6,10,12H2,(H,26,28);1H. The number of carbonyl (C=O) groups is 1. The molecule has 0 bridgehead atoms. The van der Waals surface area contributed by atoms with E-state index >= 15 is 0 Å². The molecule has 1 aromatic carbocycles. The summed E-state index contributed by atoms with van der Waals surface area (Å²) in [5, 5.41) is 4.42. The summed E-state index contributed by atoms with van der Waals surface area (Å²) in [5.41, 5.74) is 4.38. The highest BCUT2D eigenvalue weighted by Gasteiger charge is 2.15. The number of fused-ring (bicyclic) bond motifs is 1. The first-order valence-corrected chi connectivity index (χ1v) is 10.1. The first-order chi connectivity index (χ1) is 13.7. The van der Waals surface area contributed by atoms with E-state index in [4.69, 9.17) is 16.6 Å². The van der Waals surface area contributed by atoms with Gasteiger partial charge >= 0.3 is 0 Å². The van der Waals surface area contributed by atoms with Crippen LogP contribution >= 0.6 is 24.0 Å². The molecule has 0 aliphatic heterocycles. The van der Waals surface area contributed by atoms with Crippen molar-refractivity contribution in [2.24, 2.45) is 0 Å². The summed E-state index contributed by atoms with van der Waals surface area (Å²) in [7, 11) is 0. The maximum absolute atomic E-state index is 13.0. The Morgan fingerprint density at radius 3 is 2.83 bits per heavy atom. The van der Waals surface area contributed by atoms with Gasteiger partial charge in [-0.2, -0.15) is 0 Å². The maximum Gasteiger partial charge on any atom is 0.252 e. The zero-order valence-corrected chi connectivity index (χ0v) is 17.6. The van der Waals surface area contributed by atoms with Crippen molar-refractivity contribution in [2.45, 2.75) is 32.1 Å². The van der Waals surface area contributed by atoms with Gasteiger partial charge in [0.15, 0.2) is 0 Å². The summed E-state index contributed by atoms with van der Waals surface area (Å²) in [4.78, 5) is 21.8. The first kappa shape index (κ1) is 21.3. The van der Waals surface area contributed by atoms with Gasteiger partial charge in [-0.05, 0) is 68.5 Å². The number of hydrogen-bond donors (Lipinski definition) is 1. The molecule has 6 heteroatoms. The summed E-state index contributed by atoms with van der Waals surface area (Å²) in [6, 6.07) is 11.1. The average molecular weight is 428 g/mol. The molecule has 1 amide bonds. The van der Waals surface area contributed by atoms with Crippen LogP contribution in [-0.2, 0) is 0 Å². The lowest BCUT2D eigenvalue weighted by Crippen LogP contribution is -2.25. The molecule has 4 rings (SSSR count). The number of rotatable bonds is 5. The predicted octanol–water partition coefficient (Wildman–Crippen LogP) is 5.99. The van der Waals surface area contributed by atoms with E-state index in [1.54, 1.807) is 24.5 Å². The fraction of sp³-hybridized carbons (Fsp3) is 0.261. The molecule has 3 aromatic rings. The van der Waals surface area contributed by atoms with E-state index < -0.39 is 0 Å². The lowest BCUT2D eigenvalue weighted by atomic mass is 9.97. The van der Waals surface area contributed by atoms with Crippen molar-refractivity contribution < 1.29 is 4.79 Å². The average Bonchev–Trinajstić information content (AvgIpc) is 2.74. The molecule has 150 valence electrons. The molecule has 1 N–H and O–H groups in total. The number of hydrogen-bond acceptors (Lipinski definition) is 3. The Labute approximate surface area is 181 Å². The van der Waals surface area contributed by atoms with Crippen LogP contribution in [0.1, 0.15) is 42.5 Å². The molecule has 1 aliphatic rings. The highest BCUT2D eigenvalue weighted by molar-refractivity contribution is 6.31. The van der Waals surface area contributed by atoms with Crippen LogP contribution in [0.15, 0.2) is 60.4 Å². The quantitative estimate of drug-likeness (QED) is 0.508. The summed E-state index contributed by atoms with van der Waals surface area (Å²) in [6.45, 7) is 0.636. The Hall–Kier alpha value is -2.43. The van der Waals surface area contributed by atoms with Gasteiger partial charge in [-0.15, -0.1) is 12.4 Å². The fourth-order valence-electron chi connectivity index (χ4n) is 3.61. The van der Waals surface area contributed by atoms with E-state index in [0.717, 1.165) is 41.4 Å². The highest BCUT2D eigenvalue weighted by Crippen LogP contribution is 2.27. The van der Waals surface area contributed by atoms with E-state index in [0.29, 0.717) is 17.1 Å². The molecule has 0 saturated heterocycles.